The van der Waals surface area contributed by atoms with Gasteiger partial charge in [-0.15, -0.1) is 0 Å². The highest BCUT2D eigenvalue weighted by Gasteiger charge is 2.22. The zero-order valence-electron chi connectivity index (χ0n) is 6.57. The Morgan fingerprint density at radius 2 is 1.73 bits per heavy atom. The lowest BCUT2D eigenvalue weighted by Crippen LogP contribution is -2.37. The van der Waals surface area contributed by atoms with Crippen molar-refractivity contribution in [3.05, 3.63) is 12.2 Å². The summed E-state index contributed by atoms with van der Waals surface area (Å²) in [4.78, 5) is 24.8. The molecule has 0 aromatic heterocycles. The Kier molecular flexibility index (Phi) is 2.05. The quantitative estimate of drug-likeness (QED) is 0.500. The fourth-order valence-corrected chi connectivity index (χ4v) is 0.853. The molecular weight excluding hydrogens is 144 g/mol. The van der Waals surface area contributed by atoms with Gasteiger partial charge in [0.2, 0.25) is 0 Å². The van der Waals surface area contributed by atoms with Crippen LogP contribution in [-0.2, 0) is 9.59 Å². The summed E-state index contributed by atoms with van der Waals surface area (Å²) in [5.41, 5.74) is 0. The van der Waals surface area contributed by atoms with Crippen LogP contribution in [0, 0.1) is 0 Å². The molecule has 0 bridgehead atoms. The molecule has 1 aliphatic rings. The van der Waals surface area contributed by atoms with Crippen molar-refractivity contribution in [2.75, 3.05) is 20.8 Å². The van der Waals surface area contributed by atoms with Crippen molar-refractivity contribution in [1.29, 1.82) is 0 Å². The maximum Gasteiger partial charge on any atom is 0.254 e. The van der Waals surface area contributed by atoms with Gasteiger partial charge in [0.1, 0.15) is 0 Å². The molecule has 1 aliphatic heterocycles. The first-order chi connectivity index (χ1) is 5.11. The van der Waals surface area contributed by atoms with E-state index in [4.69, 9.17) is 0 Å². The topological polar surface area (TPSA) is 40.6 Å². The Labute approximate surface area is 65.1 Å². The lowest BCUT2D eigenvalue weighted by molar-refractivity contribution is -0.138. The van der Waals surface area contributed by atoms with Crippen molar-refractivity contribution in [2.45, 2.75) is 0 Å². The third kappa shape index (κ3) is 1.65. The lowest BCUT2D eigenvalue weighted by atomic mass is 10.6. The highest BCUT2D eigenvalue weighted by molar-refractivity contribution is 6.12. The third-order valence-electron chi connectivity index (χ3n) is 1.32. The first-order valence-corrected chi connectivity index (χ1v) is 3.29. The molecule has 0 fully saturated rings. The van der Waals surface area contributed by atoms with E-state index in [1.165, 1.54) is 17.1 Å². The Morgan fingerprint density at radius 3 is 2.09 bits per heavy atom. The van der Waals surface area contributed by atoms with Crippen molar-refractivity contribution >= 4 is 11.8 Å². The van der Waals surface area contributed by atoms with Crippen LogP contribution in [0.4, 0.5) is 0 Å². The predicted molar refractivity (Wildman–Crippen MR) is 39.5 cm³/mol. The van der Waals surface area contributed by atoms with Gasteiger partial charge >= 0.3 is 0 Å². The second-order valence-corrected chi connectivity index (χ2v) is 2.66. The second kappa shape index (κ2) is 2.84. The molecule has 0 atom stereocenters. The van der Waals surface area contributed by atoms with Crippen molar-refractivity contribution in [1.82, 2.24) is 9.80 Å². The molecule has 0 saturated heterocycles. The summed E-state index contributed by atoms with van der Waals surface area (Å²) >= 11 is 0. The SMILES string of the molecule is CN(C)CN1C(=O)C=CC1=O. The zero-order valence-corrected chi connectivity index (χ0v) is 6.57. The van der Waals surface area contributed by atoms with E-state index in [1.807, 2.05) is 0 Å². The van der Waals surface area contributed by atoms with Gasteiger partial charge in [-0.2, -0.15) is 0 Å². The summed E-state index contributed by atoms with van der Waals surface area (Å²) in [7, 11) is 3.61. The largest absolute Gasteiger partial charge is 0.292 e. The number of hydrogen-bond acceptors (Lipinski definition) is 3. The summed E-state index contributed by atoms with van der Waals surface area (Å²) < 4.78 is 0. The molecule has 0 aromatic rings. The summed E-state index contributed by atoms with van der Waals surface area (Å²) in [6.45, 7) is 0.352. The molecular formula is C7H10N2O2. The van der Waals surface area contributed by atoms with Crippen LogP contribution in [0.25, 0.3) is 0 Å². The summed E-state index contributed by atoms with van der Waals surface area (Å²) in [5, 5.41) is 0. The maximum absolute atomic E-state index is 10.9. The van der Waals surface area contributed by atoms with Gasteiger partial charge in [0.05, 0.1) is 6.67 Å². The highest BCUT2D eigenvalue weighted by atomic mass is 16.2. The molecule has 60 valence electrons. The van der Waals surface area contributed by atoms with Gasteiger partial charge in [-0.1, -0.05) is 0 Å². The van der Waals surface area contributed by atoms with Crippen LogP contribution < -0.4 is 0 Å². The molecule has 2 amide bonds. The monoisotopic (exact) mass is 154 g/mol. The first kappa shape index (κ1) is 7.94. The molecule has 11 heavy (non-hydrogen) atoms. The number of nitrogens with zero attached hydrogens (tertiary/aromatic N) is 2. The molecule has 1 heterocycles. The molecule has 1 rings (SSSR count). The van der Waals surface area contributed by atoms with E-state index in [0.29, 0.717) is 6.67 Å². The van der Waals surface area contributed by atoms with Crippen LogP contribution in [0.3, 0.4) is 0 Å². The van der Waals surface area contributed by atoms with Gasteiger partial charge in [-0.05, 0) is 14.1 Å². The van der Waals surface area contributed by atoms with E-state index < -0.39 is 0 Å². The average Bonchev–Trinajstić information content (AvgIpc) is 2.18. The van der Waals surface area contributed by atoms with Crippen LogP contribution in [0.2, 0.25) is 0 Å². The Balaban J connectivity index is 2.59. The van der Waals surface area contributed by atoms with Crippen molar-refractivity contribution in [3.63, 3.8) is 0 Å². The van der Waals surface area contributed by atoms with Crippen LogP contribution in [-0.4, -0.2) is 42.4 Å². The fourth-order valence-electron chi connectivity index (χ4n) is 0.853. The number of rotatable bonds is 2. The number of carbonyl (C=O) groups is 2. The molecule has 0 spiro atoms. The van der Waals surface area contributed by atoms with Crippen LogP contribution >= 0.6 is 0 Å². The van der Waals surface area contributed by atoms with Gasteiger partial charge in [0, 0.05) is 12.2 Å². The van der Waals surface area contributed by atoms with Crippen molar-refractivity contribution in [3.8, 4) is 0 Å². The van der Waals surface area contributed by atoms with E-state index in [2.05, 4.69) is 0 Å². The number of carbonyl (C=O) groups excluding carboxylic acids is 2. The summed E-state index contributed by atoms with van der Waals surface area (Å²) in [6, 6.07) is 0. The molecule has 0 unspecified atom stereocenters. The fraction of sp³-hybridized carbons (Fsp3) is 0.429. The van der Waals surface area contributed by atoms with E-state index in [-0.39, 0.29) is 11.8 Å². The minimum Gasteiger partial charge on any atom is -0.292 e. The molecule has 0 aromatic carbocycles. The second-order valence-electron chi connectivity index (χ2n) is 2.66. The number of hydrogen-bond donors (Lipinski definition) is 0. The summed E-state index contributed by atoms with van der Waals surface area (Å²) in [6.07, 6.45) is 2.57. The first-order valence-electron chi connectivity index (χ1n) is 3.29. The van der Waals surface area contributed by atoms with Crippen LogP contribution in [0.15, 0.2) is 12.2 Å². The molecule has 0 radical (unpaired) electrons. The smallest absolute Gasteiger partial charge is 0.254 e. The van der Waals surface area contributed by atoms with Crippen LogP contribution in [0.5, 0.6) is 0 Å². The molecule has 4 nitrogen and oxygen atoms in total. The Hall–Kier alpha value is -1.16. The third-order valence-corrected chi connectivity index (χ3v) is 1.32. The summed E-state index contributed by atoms with van der Waals surface area (Å²) in [5.74, 6) is -0.465. The Bertz CT molecular complexity index is 202. The minimum atomic E-state index is -0.233. The highest BCUT2D eigenvalue weighted by Crippen LogP contribution is 2.02. The van der Waals surface area contributed by atoms with Gasteiger partial charge in [0.25, 0.3) is 11.8 Å². The lowest BCUT2D eigenvalue weighted by Gasteiger charge is -2.18. The van der Waals surface area contributed by atoms with Gasteiger partial charge in [-0.3, -0.25) is 19.4 Å². The molecule has 4 heteroatoms. The van der Waals surface area contributed by atoms with Gasteiger partial charge < -0.3 is 0 Å². The van der Waals surface area contributed by atoms with Gasteiger partial charge in [-0.25, -0.2) is 0 Å². The standard InChI is InChI=1S/C7H10N2O2/c1-8(2)5-9-6(10)3-4-7(9)11/h3-4H,5H2,1-2H3. The Morgan fingerprint density at radius 1 is 1.27 bits per heavy atom. The molecule has 0 saturated carbocycles. The van der Waals surface area contributed by atoms with Crippen molar-refractivity contribution < 1.29 is 9.59 Å². The van der Waals surface area contributed by atoms with E-state index in [1.54, 1.807) is 19.0 Å². The normalized spacial score (nSPS) is 17.2. The molecule has 0 aliphatic carbocycles. The van der Waals surface area contributed by atoms with E-state index in [0.717, 1.165) is 0 Å². The zero-order chi connectivity index (χ0) is 8.43. The van der Waals surface area contributed by atoms with E-state index in [9.17, 15) is 9.59 Å². The predicted octanol–water partition coefficient (Wildman–Crippen LogP) is -0.570. The van der Waals surface area contributed by atoms with Gasteiger partial charge in [0.15, 0.2) is 0 Å². The maximum atomic E-state index is 10.9. The molecule has 0 N–H and O–H groups in total. The minimum absolute atomic E-state index is 0.233. The van der Waals surface area contributed by atoms with Crippen molar-refractivity contribution in [2.24, 2.45) is 0 Å². The van der Waals surface area contributed by atoms with Crippen LogP contribution in [0.1, 0.15) is 0 Å². The number of imide groups is 1. The van der Waals surface area contributed by atoms with E-state index >= 15 is 0 Å². The average molecular weight is 154 g/mol. The number of amides is 2.